The first-order valence-corrected chi connectivity index (χ1v) is 13.6. The first-order valence-electron chi connectivity index (χ1n) is 13.6. The Kier molecular flexibility index (Phi) is 11.2. The zero-order valence-corrected chi connectivity index (χ0v) is 22.2. The number of aliphatic hydroxyl groups excluding tert-OH is 7. The van der Waals surface area contributed by atoms with Crippen molar-refractivity contribution in [2.75, 3.05) is 19.7 Å². The predicted octanol–water partition coefficient (Wildman–Crippen LogP) is -6.82. The first-order chi connectivity index (χ1) is 19.4. The van der Waals surface area contributed by atoms with Crippen LogP contribution in [0.25, 0.3) is 0 Å². The SMILES string of the molecule is NC[C@@H]1O[C@H](O[C@H]2[C@@H](O)[C@H](O[C@@H]3[C@@H](O)[C@H](N)C[C@H](N)[C@H]3O[C@H]3O[C@H](CN)[C@@H](O)[C@H](F)[C@H]3O)O[C@@H]2CO)C[C@@H](O)[C@@H]1O. The highest BCUT2D eigenvalue weighted by atomic mass is 19.1. The summed E-state index contributed by atoms with van der Waals surface area (Å²) in [5, 5.41) is 72.3. The van der Waals surface area contributed by atoms with Crippen LogP contribution in [0, 0.1) is 0 Å². The molecule has 0 aromatic carbocycles. The molecule has 15 N–H and O–H groups in total. The highest BCUT2D eigenvalue weighted by Crippen LogP contribution is 2.34. The fourth-order valence-electron chi connectivity index (χ4n) is 5.62. The smallest absolute Gasteiger partial charge is 0.187 e. The molecule has 18 heteroatoms. The van der Waals surface area contributed by atoms with Crippen LogP contribution in [0.2, 0.25) is 0 Å². The van der Waals surface area contributed by atoms with E-state index in [4.69, 9.17) is 51.4 Å². The summed E-state index contributed by atoms with van der Waals surface area (Å²) in [4.78, 5) is 0. The molecule has 1 saturated carbocycles. The molecule has 0 spiro atoms. The van der Waals surface area contributed by atoms with Gasteiger partial charge in [-0.15, -0.1) is 0 Å². The van der Waals surface area contributed by atoms with Crippen molar-refractivity contribution >= 4 is 0 Å². The number of hydrogen-bond donors (Lipinski definition) is 11. The summed E-state index contributed by atoms with van der Waals surface area (Å²) in [6.45, 7) is -1.03. The van der Waals surface area contributed by atoms with E-state index >= 15 is 0 Å². The normalized spacial score (nSPS) is 53.0. The van der Waals surface area contributed by atoms with Crippen LogP contribution in [-0.4, -0.2) is 166 Å². The Labute approximate surface area is 235 Å². The van der Waals surface area contributed by atoms with Gasteiger partial charge in [0.25, 0.3) is 0 Å². The molecule has 4 aliphatic rings. The van der Waals surface area contributed by atoms with E-state index in [9.17, 15) is 40.1 Å². The zero-order chi connectivity index (χ0) is 30.2. The first kappa shape index (κ1) is 33.1. The van der Waals surface area contributed by atoms with Gasteiger partial charge in [-0.1, -0.05) is 0 Å². The molecule has 240 valence electrons. The lowest BCUT2D eigenvalue weighted by molar-refractivity contribution is -0.323. The Morgan fingerprint density at radius 1 is 0.634 bits per heavy atom. The second-order valence-corrected chi connectivity index (χ2v) is 10.9. The van der Waals surface area contributed by atoms with E-state index in [2.05, 4.69) is 0 Å². The summed E-state index contributed by atoms with van der Waals surface area (Å²) >= 11 is 0. The molecular weight excluding hydrogens is 559 g/mol. The fraction of sp³-hybridized carbons (Fsp3) is 1.00. The molecule has 41 heavy (non-hydrogen) atoms. The molecular formula is C23H43FN4O13. The highest BCUT2D eigenvalue weighted by molar-refractivity contribution is 5.01. The number of alkyl halides is 1. The zero-order valence-electron chi connectivity index (χ0n) is 22.2. The van der Waals surface area contributed by atoms with Crippen molar-refractivity contribution in [1.82, 2.24) is 0 Å². The van der Waals surface area contributed by atoms with E-state index in [0.717, 1.165) is 0 Å². The summed E-state index contributed by atoms with van der Waals surface area (Å²) in [6, 6.07) is -1.83. The quantitative estimate of drug-likeness (QED) is 0.117. The van der Waals surface area contributed by atoms with E-state index < -0.39 is 117 Å². The lowest BCUT2D eigenvalue weighted by atomic mass is 9.84. The molecule has 0 unspecified atom stereocenters. The maximum absolute atomic E-state index is 14.5. The van der Waals surface area contributed by atoms with Gasteiger partial charge in [0.15, 0.2) is 25.0 Å². The third kappa shape index (κ3) is 6.84. The maximum Gasteiger partial charge on any atom is 0.187 e. The summed E-state index contributed by atoms with van der Waals surface area (Å²) in [5.74, 6) is 0. The maximum atomic E-state index is 14.5. The van der Waals surface area contributed by atoms with Crippen LogP contribution in [-0.2, 0) is 28.4 Å². The van der Waals surface area contributed by atoms with Crippen LogP contribution in [0.1, 0.15) is 12.8 Å². The van der Waals surface area contributed by atoms with Crippen LogP contribution >= 0.6 is 0 Å². The van der Waals surface area contributed by atoms with Gasteiger partial charge in [-0.2, -0.15) is 0 Å². The van der Waals surface area contributed by atoms with Crippen molar-refractivity contribution in [3.8, 4) is 0 Å². The monoisotopic (exact) mass is 602 g/mol. The number of rotatable bonds is 9. The summed E-state index contributed by atoms with van der Waals surface area (Å²) < 4.78 is 48.7. The second-order valence-electron chi connectivity index (χ2n) is 10.9. The molecule has 0 bridgehead atoms. The molecule has 0 aromatic heterocycles. The molecule has 18 atom stereocenters. The van der Waals surface area contributed by atoms with Gasteiger partial charge in [0.05, 0.1) is 18.8 Å². The third-order valence-corrected chi connectivity index (χ3v) is 8.05. The van der Waals surface area contributed by atoms with Gasteiger partial charge in [0.2, 0.25) is 0 Å². The van der Waals surface area contributed by atoms with Gasteiger partial charge in [0.1, 0.15) is 61.0 Å². The Hall–Kier alpha value is -0.750. The molecule has 0 aromatic rings. The van der Waals surface area contributed by atoms with E-state index in [-0.39, 0.29) is 25.9 Å². The number of ether oxygens (including phenoxy) is 6. The van der Waals surface area contributed by atoms with Crippen molar-refractivity contribution in [2.45, 2.75) is 123 Å². The Morgan fingerprint density at radius 2 is 1.22 bits per heavy atom. The van der Waals surface area contributed by atoms with Crippen LogP contribution < -0.4 is 22.9 Å². The standard InChI is InChI=1S/C23H43FN4O13/c24-13-16(33)10(4-26)37-22(17(13)34)40-19-7(28)1-6(27)14(31)21(19)41-23-18(35)20(11(5-29)38-23)39-12-2-8(30)15(32)9(3-25)36-12/h6-23,29-35H,1-5,25-28H2/t6-,7+,8-,9+,10-,11-,12-,13+,14+,15+,16-,17-,18-,19-,20-,21-,22-,23+/m1/s1. The molecule has 1 aliphatic carbocycles. The van der Waals surface area contributed by atoms with E-state index in [1.165, 1.54) is 0 Å². The number of nitrogens with two attached hydrogens (primary N) is 4. The van der Waals surface area contributed by atoms with E-state index in [1.54, 1.807) is 0 Å². The average molecular weight is 603 g/mol. The Bertz CT molecular complexity index is 840. The summed E-state index contributed by atoms with van der Waals surface area (Å²) in [7, 11) is 0. The largest absolute Gasteiger partial charge is 0.394 e. The lowest BCUT2D eigenvalue weighted by Crippen LogP contribution is -2.66. The number of halogens is 1. The molecule has 0 radical (unpaired) electrons. The number of hydrogen-bond acceptors (Lipinski definition) is 17. The molecule has 4 fully saturated rings. The van der Waals surface area contributed by atoms with Crippen molar-refractivity contribution in [2.24, 2.45) is 22.9 Å². The third-order valence-electron chi connectivity index (χ3n) is 8.05. The average Bonchev–Trinajstić information content (AvgIpc) is 3.24. The Balaban J connectivity index is 1.48. The van der Waals surface area contributed by atoms with Crippen LogP contribution in [0.4, 0.5) is 4.39 Å². The molecule has 3 aliphatic heterocycles. The van der Waals surface area contributed by atoms with Gasteiger partial charge >= 0.3 is 0 Å². The van der Waals surface area contributed by atoms with Gasteiger partial charge in [-0.3, -0.25) is 0 Å². The summed E-state index contributed by atoms with van der Waals surface area (Å²) in [6.07, 6.45) is -22.9. The lowest BCUT2D eigenvalue weighted by Gasteiger charge is -2.46. The molecule has 3 heterocycles. The molecule has 3 saturated heterocycles. The number of aliphatic hydroxyl groups is 7. The minimum Gasteiger partial charge on any atom is -0.394 e. The van der Waals surface area contributed by atoms with Gasteiger partial charge in [-0.05, 0) is 6.42 Å². The highest BCUT2D eigenvalue weighted by Gasteiger charge is 2.54. The van der Waals surface area contributed by atoms with Crippen molar-refractivity contribution < 1.29 is 68.6 Å². The molecule has 0 amide bonds. The molecule has 4 rings (SSSR count). The minimum absolute atomic E-state index is 0.0328. The van der Waals surface area contributed by atoms with Crippen molar-refractivity contribution in [3.63, 3.8) is 0 Å². The van der Waals surface area contributed by atoms with Gasteiger partial charge in [-0.25, -0.2) is 4.39 Å². The predicted molar refractivity (Wildman–Crippen MR) is 132 cm³/mol. The van der Waals surface area contributed by atoms with Gasteiger partial charge < -0.3 is 87.1 Å². The van der Waals surface area contributed by atoms with Crippen LogP contribution in [0.15, 0.2) is 0 Å². The minimum atomic E-state index is -2.16. The van der Waals surface area contributed by atoms with E-state index in [0.29, 0.717) is 0 Å². The van der Waals surface area contributed by atoms with Crippen LogP contribution in [0.5, 0.6) is 0 Å². The van der Waals surface area contributed by atoms with E-state index in [1.807, 2.05) is 0 Å². The van der Waals surface area contributed by atoms with Gasteiger partial charge in [0, 0.05) is 31.6 Å². The van der Waals surface area contributed by atoms with Crippen LogP contribution in [0.3, 0.4) is 0 Å². The Morgan fingerprint density at radius 3 is 1.85 bits per heavy atom. The second kappa shape index (κ2) is 13.9. The van der Waals surface area contributed by atoms with Crippen molar-refractivity contribution in [1.29, 1.82) is 0 Å². The molecule has 17 nitrogen and oxygen atoms in total. The van der Waals surface area contributed by atoms with Crippen molar-refractivity contribution in [3.05, 3.63) is 0 Å². The summed E-state index contributed by atoms with van der Waals surface area (Å²) in [5.41, 5.74) is 23.4. The topological polar surface area (TPSA) is 301 Å². The fourth-order valence-corrected chi connectivity index (χ4v) is 5.62.